The molecule has 0 saturated heterocycles. The van der Waals surface area contributed by atoms with Crippen LogP contribution in [0.25, 0.3) is 0 Å². The van der Waals surface area contributed by atoms with Gasteiger partial charge in [0.15, 0.2) is 5.60 Å². The highest BCUT2D eigenvalue weighted by Crippen LogP contribution is 2.46. The monoisotopic (exact) mass is 329 g/mol. The zero-order valence-corrected chi connectivity index (χ0v) is 13.4. The Morgan fingerprint density at radius 3 is 2.52 bits per heavy atom. The van der Waals surface area contributed by atoms with Crippen LogP contribution in [0.1, 0.15) is 24.5 Å². The first kappa shape index (κ1) is 15.7. The molecule has 0 radical (unpaired) electrons. The van der Waals surface area contributed by atoms with Crippen molar-refractivity contribution in [2.75, 3.05) is 4.90 Å². The molecule has 4 nitrogen and oxygen atoms in total. The molecule has 3 rings (SSSR count). The Hall–Kier alpha value is -2.17. The summed E-state index contributed by atoms with van der Waals surface area (Å²) in [6.07, 6.45) is -0.259. The van der Waals surface area contributed by atoms with Crippen LogP contribution in [0, 0.1) is 0 Å². The van der Waals surface area contributed by atoms with Crippen molar-refractivity contribution in [3.05, 3.63) is 64.7 Å². The van der Waals surface area contributed by atoms with E-state index in [0.717, 1.165) is 5.56 Å². The number of rotatable bonds is 4. The van der Waals surface area contributed by atoms with E-state index in [1.165, 1.54) is 11.8 Å². The van der Waals surface area contributed by atoms with E-state index in [2.05, 4.69) is 0 Å². The molecule has 5 heteroatoms. The van der Waals surface area contributed by atoms with Gasteiger partial charge in [-0.25, -0.2) is 0 Å². The van der Waals surface area contributed by atoms with Crippen molar-refractivity contribution in [3.63, 3.8) is 0 Å². The first-order chi connectivity index (χ1) is 10.9. The van der Waals surface area contributed by atoms with Crippen molar-refractivity contribution in [2.45, 2.75) is 25.5 Å². The number of ketones is 1. The highest BCUT2D eigenvalue weighted by molar-refractivity contribution is 6.35. The van der Waals surface area contributed by atoms with Crippen LogP contribution in [0.15, 0.2) is 48.5 Å². The van der Waals surface area contributed by atoms with Gasteiger partial charge in [-0.05, 0) is 18.6 Å². The Morgan fingerprint density at radius 1 is 1.17 bits per heavy atom. The predicted molar refractivity (Wildman–Crippen MR) is 88.3 cm³/mol. The number of hydrogen-bond acceptors (Lipinski definition) is 3. The molecule has 118 valence electrons. The van der Waals surface area contributed by atoms with Gasteiger partial charge in [0, 0.05) is 12.0 Å². The summed E-state index contributed by atoms with van der Waals surface area (Å²) in [4.78, 5) is 25.8. The second-order valence-electron chi connectivity index (χ2n) is 5.75. The first-order valence-electron chi connectivity index (χ1n) is 7.30. The third kappa shape index (κ3) is 2.64. The largest absolute Gasteiger partial charge is 0.375 e. The van der Waals surface area contributed by atoms with Crippen molar-refractivity contribution < 1.29 is 14.7 Å². The standard InChI is InChI=1S/C18H16ClNO3/c1-12(21)10-18(23)14-8-5-9-15(19)16(14)20(17(18)22)11-13-6-3-2-4-7-13/h2-9,23H,10-11H2,1H3. The number of amides is 1. The van der Waals surface area contributed by atoms with Crippen LogP contribution in [0.4, 0.5) is 5.69 Å². The number of benzene rings is 2. The fourth-order valence-corrected chi connectivity index (χ4v) is 3.29. The summed E-state index contributed by atoms with van der Waals surface area (Å²) in [6.45, 7) is 1.64. The molecule has 0 bridgehead atoms. The van der Waals surface area contributed by atoms with Crippen LogP contribution < -0.4 is 4.90 Å². The molecule has 1 amide bonds. The van der Waals surface area contributed by atoms with E-state index < -0.39 is 11.5 Å². The number of halogens is 1. The second kappa shape index (κ2) is 5.80. The number of Topliss-reactive ketones (excluding diaryl/α,β-unsaturated/α-hetero) is 1. The molecule has 2 aromatic carbocycles. The fourth-order valence-electron chi connectivity index (χ4n) is 3.01. The number of hydrogen-bond donors (Lipinski definition) is 1. The fraction of sp³-hybridized carbons (Fsp3) is 0.222. The van der Waals surface area contributed by atoms with E-state index in [1.54, 1.807) is 18.2 Å². The first-order valence-corrected chi connectivity index (χ1v) is 7.68. The van der Waals surface area contributed by atoms with Gasteiger partial charge in [0.1, 0.15) is 5.78 Å². The average molecular weight is 330 g/mol. The van der Waals surface area contributed by atoms with E-state index in [0.29, 0.717) is 16.3 Å². The molecule has 1 unspecified atom stereocenters. The SMILES string of the molecule is CC(=O)CC1(O)C(=O)N(Cc2ccccc2)c2c(Cl)cccc21. The lowest BCUT2D eigenvalue weighted by Gasteiger charge is -2.22. The van der Waals surface area contributed by atoms with Crippen molar-refractivity contribution >= 4 is 29.0 Å². The lowest BCUT2D eigenvalue weighted by molar-refractivity contribution is -0.141. The summed E-state index contributed by atoms with van der Waals surface area (Å²) in [5, 5.41) is 11.3. The molecule has 1 atom stereocenters. The number of carbonyl (C=O) groups is 2. The van der Waals surface area contributed by atoms with E-state index in [4.69, 9.17) is 11.6 Å². The topological polar surface area (TPSA) is 57.6 Å². The average Bonchev–Trinajstić information content (AvgIpc) is 2.71. The minimum atomic E-state index is -1.85. The summed E-state index contributed by atoms with van der Waals surface area (Å²) in [5.41, 5.74) is -0.0624. The van der Waals surface area contributed by atoms with Gasteiger partial charge in [-0.1, -0.05) is 54.1 Å². The normalized spacial score (nSPS) is 19.8. The van der Waals surface area contributed by atoms with E-state index in [-0.39, 0.29) is 18.7 Å². The zero-order chi connectivity index (χ0) is 16.6. The smallest absolute Gasteiger partial charge is 0.264 e. The van der Waals surface area contributed by atoms with Gasteiger partial charge in [0.25, 0.3) is 5.91 Å². The quantitative estimate of drug-likeness (QED) is 0.938. The van der Waals surface area contributed by atoms with Gasteiger partial charge < -0.3 is 10.0 Å². The summed E-state index contributed by atoms with van der Waals surface area (Å²) in [5.74, 6) is -0.770. The molecule has 1 heterocycles. The van der Waals surface area contributed by atoms with Crippen LogP contribution in [0.3, 0.4) is 0 Å². The molecular weight excluding hydrogens is 314 g/mol. The maximum absolute atomic E-state index is 12.8. The van der Waals surface area contributed by atoms with Gasteiger partial charge in [-0.3, -0.25) is 9.59 Å². The number of anilines is 1. The molecular formula is C18H16ClNO3. The van der Waals surface area contributed by atoms with Crippen LogP contribution in [0.5, 0.6) is 0 Å². The molecule has 0 aromatic heterocycles. The van der Waals surface area contributed by atoms with Crippen LogP contribution in [0.2, 0.25) is 5.02 Å². The third-order valence-corrected chi connectivity index (χ3v) is 4.29. The molecule has 0 aliphatic carbocycles. The zero-order valence-electron chi connectivity index (χ0n) is 12.6. The highest BCUT2D eigenvalue weighted by atomic mass is 35.5. The number of aliphatic hydroxyl groups is 1. The Kier molecular flexibility index (Phi) is 3.96. The minimum absolute atomic E-state index is 0.256. The number of nitrogens with zero attached hydrogens (tertiary/aromatic N) is 1. The molecule has 1 aliphatic heterocycles. The van der Waals surface area contributed by atoms with Gasteiger partial charge in [-0.2, -0.15) is 0 Å². The Morgan fingerprint density at radius 2 is 1.87 bits per heavy atom. The van der Waals surface area contributed by atoms with Crippen LogP contribution in [-0.2, 0) is 21.7 Å². The van der Waals surface area contributed by atoms with Crippen molar-refractivity contribution in [2.24, 2.45) is 0 Å². The molecule has 1 aliphatic rings. The van der Waals surface area contributed by atoms with E-state index in [9.17, 15) is 14.7 Å². The summed E-state index contributed by atoms with van der Waals surface area (Å²) in [7, 11) is 0. The van der Waals surface area contributed by atoms with Crippen molar-refractivity contribution in [3.8, 4) is 0 Å². The van der Waals surface area contributed by atoms with E-state index in [1.807, 2.05) is 30.3 Å². The number of para-hydroxylation sites is 1. The maximum atomic E-state index is 12.8. The third-order valence-electron chi connectivity index (χ3n) is 3.99. The Balaban J connectivity index is 2.09. The van der Waals surface area contributed by atoms with Crippen LogP contribution in [-0.4, -0.2) is 16.8 Å². The molecule has 2 aromatic rings. The summed E-state index contributed by atoms with van der Waals surface area (Å²) < 4.78 is 0. The van der Waals surface area contributed by atoms with Gasteiger partial charge in [0.2, 0.25) is 0 Å². The maximum Gasteiger partial charge on any atom is 0.264 e. The second-order valence-corrected chi connectivity index (χ2v) is 6.16. The molecule has 1 N–H and O–H groups in total. The highest BCUT2D eigenvalue weighted by Gasteiger charge is 2.51. The Labute approximate surface area is 139 Å². The van der Waals surface area contributed by atoms with Crippen molar-refractivity contribution in [1.82, 2.24) is 0 Å². The van der Waals surface area contributed by atoms with Gasteiger partial charge in [0.05, 0.1) is 17.3 Å². The van der Waals surface area contributed by atoms with Gasteiger partial charge >= 0.3 is 0 Å². The van der Waals surface area contributed by atoms with E-state index >= 15 is 0 Å². The Bertz CT molecular complexity index is 775. The molecule has 0 fully saturated rings. The summed E-state index contributed by atoms with van der Waals surface area (Å²) in [6, 6.07) is 14.4. The lowest BCUT2D eigenvalue weighted by atomic mass is 9.90. The molecule has 0 spiro atoms. The van der Waals surface area contributed by atoms with Gasteiger partial charge in [-0.15, -0.1) is 0 Å². The predicted octanol–water partition coefficient (Wildman–Crippen LogP) is 3.05. The molecule has 23 heavy (non-hydrogen) atoms. The van der Waals surface area contributed by atoms with Crippen molar-refractivity contribution in [1.29, 1.82) is 0 Å². The molecule has 0 saturated carbocycles. The van der Waals surface area contributed by atoms with Crippen LogP contribution >= 0.6 is 11.6 Å². The number of fused-ring (bicyclic) bond motifs is 1. The number of carbonyl (C=O) groups excluding carboxylic acids is 2. The summed E-state index contributed by atoms with van der Waals surface area (Å²) >= 11 is 6.27. The minimum Gasteiger partial charge on any atom is -0.375 e. The lowest BCUT2D eigenvalue weighted by Crippen LogP contribution is -2.41.